The molecule has 18 heavy (non-hydrogen) atoms. The zero-order valence-electron chi connectivity index (χ0n) is 11.1. The van der Waals surface area contributed by atoms with Gasteiger partial charge in [-0.2, -0.15) is 0 Å². The van der Waals surface area contributed by atoms with Crippen molar-refractivity contribution in [3.05, 3.63) is 29.8 Å². The maximum absolute atomic E-state index is 10.2. The molecule has 0 saturated carbocycles. The summed E-state index contributed by atoms with van der Waals surface area (Å²) in [5.41, 5.74) is 1.18. The van der Waals surface area contributed by atoms with Crippen LogP contribution in [0.25, 0.3) is 0 Å². The highest BCUT2D eigenvalue weighted by Crippen LogP contribution is 2.19. The Labute approximate surface area is 109 Å². The lowest BCUT2D eigenvalue weighted by Crippen LogP contribution is -2.37. The van der Waals surface area contributed by atoms with E-state index in [1.807, 2.05) is 31.2 Å². The zero-order valence-corrected chi connectivity index (χ0v) is 11.1. The van der Waals surface area contributed by atoms with Crippen LogP contribution in [0.4, 0.5) is 0 Å². The number of ether oxygens (including phenoxy) is 1. The van der Waals surface area contributed by atoms with Gasteiger partial charge < -0.3 is 15.2 Å². The van der Waals surface area contributed by atoms with Crippen molar-refractivity contribution in [1.82, 2.24) is 5.32 Å². The molecule has 0 bridgehead atoms. The van der Waals surface area contributed by atoms with Crippen LogP contribution in [0.1, 0.15) is 25.3 Å². The molecule has 2 rings (SSSR count). The quantitative estimate of drug-likeness (QED) is 0.838. The Morgan fingerprint density at radius 2 is 2.17 bits per heavy atom. The van der Waals surface area contributed by atoms with E-state index >= 15 is 0 Å². The molecule has 0 spiro atoms. The lowest BCUT2D eigenvalue weighted by Gasteiger charge is -2.27. The highest BCUT2D eigenvalue weighted by molar-refractivity contribution is 5.27. The van der Waals surface area contributed by atoms with Crippen LogP contribution in [0.3, 0.4) is 0 Å². The van der Waals surface area contributed by atoms with Gasteiger partial charge in [0, 0.05) is 6.54 Å². The van der Waals surface area contributed by atoms with E-state index in [9.17, 15) is 5.11 Å². The molecular formula is C15H23NO2. The fraction of sp³-hybridized carbons (Fsp3) is 0.600. The minimum Gasteiger partial charge on any atom is -0.494 e. The molecule has 3 heteroatoms. The lowest BCUT2D eigenvalue weighted by atomic mass is 9.90. The summed E-state index contributed by atoms with van der Waals surface area (Å²) in [6, 6.07) is 8.05. The smallest absolute Gasteiger partial charge is 0.119 e. The van der Waals surface area contributed by atoms with Gasteiger partial charge >= 0.3 is 0 Å². The number of piperidine rings is 1. The second-order valence-corrected chi connectivity index (χ2v) is 4.95. The third-order valence-electron chi connectivity index (χ3n) is 3.56. The van der Waals surface area contributed by atoms with Crippen LogP contribution >= 0.6 is 0 Å². The van der Waals surface area contributed by atoms with Gasteiger partial charge in [0.15, 0.2) is 0 Å². The summed E-state index contributed by atoms with van der Waals surface area (Å²) < 4.78 is 5.41. The van der Waals surface area contributed by atoms with E-state index in [4.69, 9.17) is 4.74 Å². The van der Waals surface area contributed by atoms with Gasteiger partial charge in [0.05, 0.1) is 12.7 Å². The van der Waals surface area contributed by atoms with Crippen molar-refractivity contribution in [2.24, 2.45) is 5.92 Å². The predicted molar refractivity (Wildman–Crippen MR) is 72.9 cm³/mol. The Morgan fingerprint density at radius 1 is 1.39 bits per heavy atom. The largest absolute Gasteiger partial charge is 0.494 e. The normalized spacial score (nSPS) is 21.6. The first-order chi connectivity index (χ1) is 8.79. The van der Waals surface area contributed by atoms with Crippen LogP contribution in [-0.2, 0) is 6.42 Å². The molecule has 0 aliphatic carbocycles. The zero-order chi connectivity index (χ0) is 12.8. The minimum absolute atomic E-state index is 0.240. The molecule has 1 heterocycles. The Kier molecular flexibility index (Phi) is 5.02. The molecule has 2 N–H and O–H groups in total. The third-order valence-corrected chi connectivity index (χ3v) is 3.56. The summed E-state index contributed by atoms with van der Waals surface area (Å²) >= 11 is 0. The molecular weight excluding hydrogens is 226 g/mol. The average molecular weight is 249 g/mol. The SMILES string of the molecule is CCOc1ccc(CC(O)C2CCCNC2)cc1. The van der Waals surface area contributed by atoms with Crippen LogP contribution < -0.4 is 10.1 Å². The highest BCUT2D eigenvalue weighted by atomic mass is 16.5. The molecule has 1 aliphatic heterocycles. The topological polar surface area (TPSA) is 41.5 Å². The number of nitrogens with one attached hydrogen (secondary N) is 1. The van der Waals surface area contributed by atoms with Gasteiger partial charge in [-0.05, 0) is 56.3 Å². The summed E-state index contributed by atoms with van der Waals surface area (Å²) in [5.74, 6) is 1.29. The summed E-state index contributed by atoms with van der Waals surface area (Å²) in [5, 5.41) is 13.6. The fourth-order valence-electron chi connectivity index (χ4n) is 2.50. The van der Waals surface area contributed by atoms with E-state index < -0.39 is 0 Å². The first-order valence-corrected chi connectivity index (χ1v) is 6.90. The van der Waals surface area contributed by atoms with Gasteiger partial charge in [0.2, 0.25) is 0 Å². The maximum atomic E-state index is 10.2. The number of rotatable bonds is 5. The van der Waals surface area contributed by atoms with E-state index in [2.05, 4.69) is 5.32 Å². The van der Waals surface area contributed by atoms with Crippen LogP contribution in [0.2, 0.25) is 0 Å². The van der Waals surface area contributed by atoms with Crippen LogP contribution in [0, 0.1) is 5.92 Å². The van der Waals surface area contributed by atoms with Gasteiger partial charge in [0.25, 0.3) is 0 Å². The van der Waals surface area contributed by atoms with Crippen LogP contribution in [0.15, 0.2) is 24.3 Å². The third kappa shape index (κ3) is 3.72. The standard InChI is InChI=1S/C15H23NO2/c1-2-18-14-7-5-12(6-8-14)10-15(17)13-4-3-9-16-11-13/h5-8,13,15-17H,2-4,9-11H2,1H3. The van der Waals surface area contributed by atoms with Gasteiger partial charge in [-0.3, -0.25) is 0 Å². The second kappa shape index (κ2) is 6.76. The molecule has 1 fully saturated rings. The van der Waals surface area contributed by atoms with Crippen molar-refractivity contribution in [2.45, 2.75) is 32.3 Å². The van der Waals surface area contributed by atoms with Crippen LogP contribution in [0.5, 0.6) is 5.75 Å². The van der Waals surface area contributed by atoms with Crippen molar-refractivity contribution < 1.29 is 9.84 Å². The van der Waals surface area contributed by atoms with E-state index in [0.29, 0.717) is 12.5 Å². The summed E-state index contributed by atoms with van der Waals surface area (Å²) in [7, 11) is 0. The van der Waals surface area contributed by atoms with Crippen molar-refractivity contribution >= 4 is 0 Å². The van der Waals surface area contributed by atoms with E-state index in [1.54, 1.807) is 0 Å². The molecule has 0 amide bonds. The van der Waals surface area contributed by atoms with E-state index in [0.717, 1.165) is 31.7 Å². The molecule has 1 aromatic rings. The lowest BCUT2D eigenvalue weighted by molar-refractivity contribution is 0.0922. The molecule has 1 saturated heterocycles. The summed E-state index contributed by atoms with van der Waals surface area (Å²) in [6.07, 6.45) is 2.80. The van der Waals surface area contributed by atoms with Crippen molar-refractivity contribution in [3.8, 4) is 5.75 Å². The fourth-order valence-corrected chi connectivity index (χ4v) is 2.50. The Hall–Kier alpha value is -1.06. The molecule has 3 nitrogen and oxygen atoms in total. The molecule has 2 atom stereocenters. The van der Waals surface area contributed by atoms with Gasteiger partial charge in [0.1, 0.15) is 5.75 Å². The first kappa shape index (κ1) is 13.4. The average Bonchev–Trinajstić information content (AvgIpc) is 2.42. The monoisotopic (exact) mass is 249 g/mol. The number of aliphatic hydroxyl groups is 1. The summed E-state index contributed by atoms with van der Waals surface area (Å²) in [6.45, 7) is 4.70. The highest BCUT2D eigenvalue weighted by Gasteiger charge is 2.21. The van der Waals surface area contributed by atoms with Crippen LogP contribution in [-0.4, -0.2) is 30.9 Å². The maximum Gasteiger partial charge on any atom is 0.119 e. The molecule has 0 radical (unpaired) electrons. The van der Waals surface area contributed by atoms with Crippen molar-refractivity contribution in [2.75, 3.05) is 19.7 Å². The molecule has 1 aliphatic rings. The molecule has 2 unspecified atom stereocenters. The molecule has 100 valence electrons. The molecule has 0 aromatic heterocycles. The number of aliphatic hydroxyl groups excluding tert-OH is 1. The number of benzene rings is 1. The predicted octanol–water partition coefficient (Wildman–Crippen LogP) is 1.99. The molecule has 1 aromatic carbocycles. The first-order valence-electron chi connectivity index (χ1n) is 6.90. The van der Waals surface area contributed by atoms with E-state index in [-0.39, 0.29) is 6.10 Å². The van der Waals surface area contributed by atoms with E-state index in [1.165, 1.54) is 12.0 Å². The Balaban J connectivity index is 1.87. The second-order valence-electron chi connectivity index (χ2n) is 4.95. The van der Waals surface area contributed by atoms with Gasteiger partial charge in [-0.1, -0.05) is 12.1 Å². The summed E-state index contributed by atoms with van der Waals surface area (Å²) in [4.78, 5) is 0. The Morgan fingerprint density at radius 3 is 2.78 bits per heavy atom. The Bertz CT molecular complexity index is 344. The van der Waals surface area contributed by atoms with Crippen molar-refractivity contribution in [3.63, 3.8) is 0 Å². The minimum atomic E-state index is -0.240. The van der Waals surface area contributed by atoms with Gasteiger partial charge in [-0.25, -0.2) is 0 Å². The van der Waals surface area contributed by atoms with Gasteiger partial charge in [-0.15, -0.1) is 0 Å². The number of hydrogen-bond donors (Lipinski definition) is 2. The number of hydrogen-bond acceptors (Lipinski definition) is 3. The van der Waals surface area contributed by atoms with Crippen molar-refractivity contribution in [1.29, 1.82) is 0 Å².